The highest BCUT2D eigenvalue weighted by Gasteiger charge is 3.05. The Kier molecular flexibility index (Phi) is 34.7. The van der Waals surface area contributed by atoms with Crippen molar-refractivity contribution in [3.8, 4) is 0 Å². The lowest BCUT2D eigenvalue weighted by Gasteiger charge is -2.53. The molecule has 0 bridgehead atoms. The molecule has 0 N–H and O–H groups in total. The summed E-state index contributed by atoms with van der Waals surface area (Å²) in [5, 5.41) is -15.5. The smallest absolute Gasteiger partial charge is 0.240 e. The van der Waals surface area contributed by atoms with Crippen molar-refractivity contribution in [2.45, 2.75) is 233 Å². The fourth-order valence-electron chi connectivity index (χ4n) is 7.93. The number of alkyl halides is 82. The molecule has 0 rings (SSSR count). The number of hydrogen-bond donors (Lipinski definition) is 0. The van der Waals surface area contributed by atoms with Gasteiger partial charge in [0.25, 0.3) is 10.3 Å². The Bertz CT molecular complexity index is 3870. The van der Waals surface area contributed by atoms with Gasteiger partial charge in [0, 0.05) is 0 Å². The van der Waals surface area contributed by atoms with Crippen LogP contribution < -0.4 is 0 Å². The molecule has 0 aliphatic rings. The topological polar surface area (TPSA) is 52.6 Å². The van der Waals surface area contributed by atoms with Gasteiger partial charge in [0.05, 0.1) is 12.8 Å². The van der Waals surface area contributed by atoms with Gasteiger partial charge in [-0.3, -0.25) is 0 Å². The quantitative estimate of drug-likeness (QED) is 0.0266. The molecule has 0 aliphatic carbocycles. The van der Waals surface area contributed by atoms with E-state index < -0.39 is 245 Å². The van der Waals surface area contributed by atoms with Crippen LogP contribution in [0.25, 0.3) is 0 Å². The van der Waals surface area contributed by atoms with E-state index >= 15 is 43.9 Å². The Hall–Kier alpha value is 1.12. The zero-order valence-electron chi connectivity index (χ0n) is 55.0. The van der Waals surface area contributed by atoms with Crippen molar-refractivity contribution in [2.75, 3.05) is 0 Å². The zero-order chi connectivity index (χ0) is 108. The van der Waals surface area contributed by atoms with E-state index in [1.165, 1.54) is 9.78 Å². The van der Waals surface area contributed by atoms with Crippen molar-refractivity contribution in [1.82, 2.24) is 0 Å². The zero-order valence-corrected chi connectivity index (χ0v) is 71.7. The Morgan fingerprint density at radius 1 is 0.146 bits per heavy atom. The number of halogens is 82. The van der Waals surface area contributed by atoms with E-state index in [1.807, 2.05) is 0 Å². The van der Waals surface area contributed by atoms with Gasteiger partial charge in [0.15, 0.2) is 34.7 Å². The predicted molar refractivity (Wildman–Crippen MR) is 326 cm³/mol. The first-order chi connectivity index (χ1) is 54.5. The summed E-state index contributed by atoms with van der Waals surface area (Å²) in [6, 6.07) is 0. The lowest BCUT2D eigenvalue weighted by molar-refractivity contribution is -0.483. The van der Waals surface area contributed by atoms with Crippen LogP contribution in [0.1, 0.15) is 12.8 Å². The molecule has 778 valence electrons. The molecule has 0 heterocycles. The highest BCUT2D eigenvalue weighted by atomic mass is 35.6. The van der Waals surface area contributed by atoms with E-state index in [0.29, 0.717) is 0 Å². The number of rotatable bonds is 40. The molecule has 0 aromatic rings. The average molecular weight is 2520 g/mol. The van der Waals surface area contributed by atoms with Gasteiger partial charge < -0.3 is 0 Å². The van der Waals surface area contributed by atoms with E-state index in [2.05, 4.69) is 23.2 Å². The lowest BCUT2D eigenvalue weighted by Crippen LogP contribution is -2.80. The van der Waals surface area contributed by atoms with Crippen molar-refractivity contribution in [3.05, 3.63) is 0 Å². The molecule has 0 fully saturated rings. The predicted octanol–water partition coefficient (Wildman–Crippen LogP) is 32.0. The largest absolute Gasteiger partial charge is 0.431 e. The third-order valence-corrected chi connectivity index (χ3v) is 31.2. The summed E-state index contributed by atoms with van der Waals surface area (Å²) in [4.78, 5) is 25.6. The molecule has 0 saturated heterocycles. The monoisotopic (exact) mass is 2510 g/mol. The normalized spacial score (nSPS) is 18.0. The van der Waals surface area contributed by atoms with Gasteiger partial charge in [0.2, 0.25) is 8.67 Å². The Balaban J connectivity index is 8.10. The maximum absolute atomic E-state index is 15.9. The summed E-state index contributed by atoms with van der Waals surface area (Å²) >= 11 is 111. The standard InChI is InChI=1S/C44H4Cl22F60O4/c45-5(46,1-7(67,68)69)11(49,50)13(53,54)15(57,58)17(61,62)19(65,77)23(83,84)27(91,92)31(99,100)35(107,108)39(115,116)43(123,124)41(119,120)37(111,112)33(103,104)29(95,96)25(87,88)21(79,80)9(73,74)3(127)129-130-4(128)10(75,76)22(81,82)26(89,90)30(97,98)34(105,106)38(113,114)42(121,122)44(125,126)40(117,118)36(109,110)32(101,102)28(93,94)24(85,86)20(66,78)18(63,64)16(59,60)14(55,56)12(51,52)6(47,48)2-8(70,71)72/h1-2H2. The van der Waals surface area contributed by atoms with Gasteiger partial charge in [-0.25, -0.2) is 28.1 Å². The number of carbonyl (C=O) groups excluding carboxylic acids is 2. The van der Waals surface area contributed by atoms with Crippen molar-refractivity contribution in [1.29, 1.82) is 0 Å². The first-order valence-electron chi connectivity index (χ1n) is 27.4. The first-order valence-corrected chi connectivity index (χ1v) is 35.7. The molecule has 130 heavy (non-hydrogen) atoms. The minimum atomic E-state index is -10.8. The molecule has 0 aliphatic heterocycles. The molecule has 0 aromatic heterocycles. The van der Waals surface area contributed by atoms with E-state index in [0.717, 1.165) is 0 Å². The van der Waals surface area contributed by atoms with Gasteiger partial charge in [-0.2, -0.15) is 255 Å². The van der Waals surface area contributed by atoms with Crippen molar-refractivity contribution >= 4 is 267 Å². The third kappa shape index (κ3) is 16.9. The van der Waals surface area contributed by atoms with Gasteiger partial charge in [-0.15, -0.1) is 0 Å². The molecule has 4 nitrogen and oxygen atoms in total. The highest BCUT2D eigenvalue weighted by Crippen LogP contribution is 2.79. The molecule has 2 atom stereocenters. The average Bonchev–Trinajstić information content (AvgIpc) is 0.677. The fraction of sp³-hybridized carbons (Fsp3) is 0.955. The summed E-state index contributed by atoms with van der Waals surface area (Å²) in [5.74, 6) is -281. The number of hydrogen-bond acceptors (Lipinski definition) is 4. The summed E-state index contributed by atoms with van der Waals surface area (Å²) in [7, 11) is 0. The second-order valence-electron chi connectivity index (χ2n) is 24.4. The maximum atomic E-state index is 15.9. The molecule has 86 heteroatoms. The number of carbonyl (C=O) groups is 2. The first kappa shape index (κ1) is 131. The fourth-order valence-corrected chi connectivity index (χ4v) is 15.2. The third-order valence-electron chi connectivity index (χ3n) is 15.9. The van der Waals surface area contributed by atoms with Crippen LogP contribution >= 0.6 is 255 Å². The molecule has 0 radical (unpaired) electrons. The molecule has 0 saturated carbocycles. The second-order valence-corrected chi connectivity index (χ2v) is 39.0. The van der Waals surface area contributed by atoms with E-state index in [-0.39, 0.29) is 0 Å². The van der Waals surface area contributed by atoms with Gasteiger partial charge in [-0.05, 0) is 0 Å². The SMILES string of the molecule is O=C(OOC(=O)C(F)(F)C(F)(F)C(F)(F)C(F)(F)C(F)(F)C(F)(F)C(F)(F)C(F)(F)C(F)(F)C(F)(F)C(F)(F)C(F)(F)C(F)(F)C(F)(Cl)C(Cl)(Cl)C(Cl)(Cl)C(Cl)(Cl)C(Cl)(Cl)C(Cl)(Cl)CC(F)(F)F)C(F)(F)C(F)(F)C(F)(F)C(F)(F)C(F)(F)C(F)(F)C(F)(F)C(F)(F)C(F)(F)C(F)(F)C(F)(F)C(F)(F)C(F)(F)C(F)(Cl)C(Cl)(Cl)C(Cl)(Cl)C(Cl)(Cl)C(Cl)(Cl)C(Cl)(Cl)CC(F)(F)F. The van der Waals surface area contributed by atoms with Gasteiger partial charge in [0.1, 0.15) is 0 Å². The second kappa shape index (κ2) is 34.4. The Morgan fingerprint density at radius 2 is 0.246 bits per heavy atom. The minimum Gasteiger partial charge on any atom is -0.240 e. The molecule has 2 unspecified atom stereocenters. The van der Waals surface area contributed by atoms with Gasteiger partial charge >= 0.3 is 178 Å². The van der Waals surface area contributed by atoms with E-state index in [9.17, 15) is 229 Å². The minimum absolute atomic E-state index is 1.30. The Labute approximate surface area is 778 Å². The van der Waals surface area contributed by atoms with Crippen LogP contribution in [0.2, 0.25) is 0 Å². The summed E-state index contributed by atoms with van der Waals surface area (Å²) < 4.78 is 826. The van der Waals surface area contributed by atoms with Crippen LogP contribution in [0, 0.1) is 0 Å². The Morgan fingerprint density at radius 3 is 0.362 bits per heavy atom. The van der Waals surface area contributed by atoms with E-state index in [1.54, 1.807) is 0 Å². The van der Waals surface area contributed by atoms with Crippen LogP contribution in [0.15, 0.2) is 0 Å². The van der Waals surface area contributed by atoms with Crippen LogP contribution in [-0.4, -0.2) is 232 Å². The molecule has 0 amide bonds. The molecule has 0 spiro atoms. The van der Waals surface area contributed by atoms with Gasteiger partial charge in [-0.1, -0.05) is 255 Å². The maximum Gasteiger partial charge on any atom is 0.431 e. The lowest BCUT2D eigenvalue weighted by atomic mass is 9.83. The van der Waals surface area contributed by atoms with Crippen LogP contribution in [0.3, 0.4) is 0 Å². The molecule has 0 aromatic carbocycles. The molecular weight excluding hydrogens is 2510 g/mol. The summed E-state index contributed by atoms with van der Waals surface area (Å²) in [6.45, 7) is 0. The molecular formula is C44H4Cl22F60O4. The summed E-state index contributed by atoms with van der Waals surface area (Å²) in [5.41, 5.74) is 0. The van der Waals surface area contributed by atoms with E-state index in [4.69, 9.17) is 232 Å². The highest BCUT2D eigenvalue weighted by molar-refractivity contribution is 6.78. The van der Waals surface area contributed by atoms with Crippen LogP contribution in [0.5, 0.6) is 0 Å². The van der Waals surface area contributed by atoms with Crippen LogP contribution in [0.4, 0.5) is 263 Å². The summed E-state index contributed by atoms with van der Waals surface area (Å²) in [6.07, 6.45) is -18.2. The van der Waals surface area contributed by atoms with Crippen LogP contribution in [-0.2, 0) is 19.4 Å². The van der Waals surface area contributed by atoms with Crippen molar-refractivity contribution in [3.63, 3.8) is 0 Å². The van der Waals surface area contributed by atoms with Crippen molar-refractivity contribution < 1.29 is 283 Å². The van der Waals surface area contributed by atoms with Crippen molar-refractivity contribution in [2.24, 2.45) is 0 Å².